The lowest BCUT2D eigenvalue weighted by atomic mass is 10.0. The number of aromatic nitrogens is 3. The second-order valence-corrected chi connectivity index (χ2v) is 9.05. The number of para-hydroxylation sites is 1. The van der Waals surface area contributed by atoms with Crippen LogP contribution in [0.5, 0.6) is 0 Å². The highest BCUT2D eigenvalue weighted by atomic mass is 32.2. The monoisotopic (exact) mass is 448 g/mol. The average Bonchev–Trinajstić information content (AvgIpc) is 2.77. The number of nitrogen functional groups attached to an aromatic ring is 1. The molecule has 0 fully saturated rings. The Hall–Kier alpha value is -4.10. The van der Waals surface area contributed by atoms with E-state index in [2.05, 4.69) is 15.0 Å². The molecule has 160 valence electrons. The maximum Gasteiger partial charge on any atom is 0.176 e. The number of rotatable bonds is 4. The molecule has 8 nitrogen and oxygen atoms in total. The number of hydrogen-bond acceptors (Lipinski definition) is 8. The van der Waals surface area contributed by atoms with Crippen molar-refractivity contribution in [3.63, 3.8) is 0 Å². The highest BCUT2D eigenvalue weighted by molar-refractivity contribution is 7.90. The summed E-state index contributed by atoms with van der Waals surface area (Å²) in [6, 6.07) is 14.6. The molecule has 0 unspecified atom stereocenters. The van der Waals surface area contributed by atoms with Crippen molar-refractivity contribution in [1.82, 2.24) is 15.0 Å². The number of halogens is 1. The van der Waals surface area contributed by atoms with E-state index in [1.807, 2.05) is 6.07 Å². The molecule has 0 aliphatic carbocycles. The molecule has 2 heterocycles. The minimum absolute atomic E-state index is 0.0191. The second kappa shape index (κ2) is 7.86. The fourth-order valence-electron chi connectivity index (χ4n) is 3.47. The Kier molecular flexibility index (Phi) is 5.20. The first-order chi connectivity index (χ1) is 15.2. The average molecular weight is 448 g/mol. The Morgan fingerprint density at radius 3 is 2.53 bits per heavy atom. The maximum absolute atomic E-state index is 14.6. The summed E-state index contributed by atoms with van der Waals surface area (Å²) in [5.41, 5.74) is 6.76. The van der Waals surface area contributed by atoms with Gasteiger partial charge in [0.2, 0.25) is 0 Å². The molecule has 0 spiro atoms. The molecule has 2 aromatic heterocycles. The highest BCUT2D eigenvalue weighted by Crippen LogP contribution is 2.39. The van der Waals surface area contributed by atoms with Gasteiger partial charge in [-0.15, -0.1) is 0 Å². The van der Waals surface area contributed by atoms with Crippen molar-refractivity contribution in [2.45, 2.75) is 4.90 Å². The first-order valence-corrected chi connectivity index (χ1v) is 11.2. The lowest BCUT2D eigenvalue weighted by Crippen LogP contribution is -2.17. The van der Waals surface area contributed by atoms with Crippen molar-refractivity contribution in [2.24, 2.45) is 0 Å². The fourth-order valence-corrected chi connectivity index (χ4v) is 4.37. The van der Waals surface area contributed by atoms with Crippen LogP contribution in [0.15, 0.2) is 59.8 Å². The summed E-state index contributed by atoms with van der Waals surface area (Å²) in [6.07, 6.45) is 2.32. The van der Waals surface area contributed by atoms with Gasteiger partial charge in [-0.2, -0.15) is 5.26 Å². The quantitative estimate of drug-likeness (QED) is 0.503. The van der Waals surface area contributed by atoms with Crippen LogP contribution in [-0.4, -0.2) is 36.7 Å². The zero-order chi connectivity index (χ0) is 23.0. The molecule has 4 aromatic rings. The molecule has 0 bridgehead atoms. The predicted octanol–water partition coefficient (Wildman–Crippen LogP) is 3.46. The Labute approximate surface area is 183 Å². The first kappa shape index (κ1) is 21.1. The first-order valence-electron chi connectivity index (χ1n) is 9.35. The largest absolute Gasteiger partial charge is 0.382 e. The molecule has 0 saturated carbocycles. The van der Waals surface area contributed by atoms with Crippen LogP contribution < -0.4 is 10.6 Å². The number of benzene rings is 2. The van der Waals surface area contributed by atoms with Gasteiger partial charge in [0.15, 0.2) is 15.7 Å². The minimum Gasteiger partial charge on any atom is -0.382 e. The van der Waals surface area contributed by atoms with Gasteiger partial charge >= 0.3 is 0 Å². The molecule has 2 N–H and O–H groups in total. The molecule has 0 amide bonds. The van der Waals surface area contributed by atoms with Crippen molar-refractivity contribution in [2.75, 3.05) is 23.9 Å². The third-order valence-electron chi connectivity index (χ3n) is 4.96. The van der Waals surface area contributed by atoms with Gasteiger partial charge in [-0.1, -0.05) is 30.3 Å². The molecule has 10 heteroatoms. The zero-order valence-electron chi connectivity index (χ0n) is 17.1. The highest BCUT2D eigenvalue weighted by Gasteiger charge is 2.23. The van der Waals surface area contributed by atoms with Crippen LogP contribution in [0, 0.1) is 17.1 Å². The summed E-state index contributed by atoms with van der Waals surface area (Å²) in [6.45, 7) is 0. The van der Waals surface area contributed by atoms with Crippen molar-refractivity contribution < 1.29 is 12.8 Å². The number of nitriles is 1. The summed E-state index contributed by atoms with van der Waals surface area (Å²) in [4.78, 5) is 14.1. The summed E-state index contributed by atoms with van der Waals surface area (Å²) >= 11 is 0. The molecule has 4 rings (SSSR count). The van der Waals surface area contributed by atoms with E-state index in [-0.39, 0.29) is 33.4 Å². The van der Waals surface area contributed by atoms with E-state index < -0.39 is 15.7 Å². The molecule has 0 aliphatic heterocycles. The van der Waals surface area contributed by atoms with Crippen LogP contribution in [0.4, 0.5) is 21.8 Å². The smallest absolute Gasteiger partial charge is 0.176 e. The SMILES string of the molecule is CN(c1nc2c(F)cccc2cc1-c1ccccc1S(C)(=O)=O)c1ncnc(N)c1C#N. The predicted molar refractivity (Wildman–Crippen MR) is 119 cm³/mol. The number of anilines is 3. The Morgan fingerprint density at radius 1 is 1.06 bits per heavy atom. The van der Waals surface area contributed by atoms with E-state index in [4.69, 9.17) is 5.73 Å². The normalized spacial score (nSPS) is 11.3. The maximum atomic E-state index is 14.6. The van der Waals surface area contributed by atoms with Crippen molar-refractivity contribution in [3.05, 3.63) is 66.2 Å². The molecular weight excluding hydrogens is 431 g/mol. The van der Waals surface area contributed by atoms with Crippen LogP contribution in [0.25, 0.3) is 22.0 Å². The molecule has 2 aromatic carbocycles. The summed E-state index contributed by atoms with van der Waals surface area (Å²) in [5.74, 6) is -0.202. The van der Waals surface area contributed by atoms with E-state index in [1.54, 1.807) is 43.4 Å². The lowest BCUT2D eigenvalue weighted by molar-refractivity contribution is 0.602. The molecule has 0 radical (unpaired) electrons. The van der Waals surface area contributed by atoms with Gasteiger partial charge in [-0.05, 0) is 18.2 Å². The molecule has 0 saturated heterocycles. The number of sulfone groups is 1. The van der Waals surface area contributed by atoms with E-state index in [0.717, 1.165) is 6.26 Å². The van der Waals surface area contributed by atoms with E-state index in [1.165, 1.54) is 23.4 Å². The molecular formula is C22H17FN6O2S. The van der Waals surface area contributed by atoms with E-state index >= 15 is 0 Å². The number of nitrogens with two attached hydrogens (primary N) is 1. The number of nitrogens with zero attached hydrogens (tertiary/aromatic N) is 5. The van der Waals surface area contributed by atoms with Gasteiger partial charge in [-0.3, -0.25) is 0 Å². The lowest BCUT2D eigenvalue weighted by Gasteiger charge is -2.23. The van der Waals surface area contributed by atoms with Crippen LogP contribution >= 0.6 is 0 Å². The third-order valence-corrected chi connectivity index (χ3v) is 6.11. The van der Waals surface area contributed by atoms with Crippen LogP contribution in [-0.2, 0) is 9.84 Å². The number of hydrogen-bond donors (Lipinski definition) is 1. The van der Waals surface area contributed by atoms with Gasteiger partial charge in [0, 0.05) is 29.8 Å². The van der Waals surface area contributed by atoms with Gasteiger partial charge in [-0.25, -0.2) is 27.8 Å². The summed E-state index contributed by atoms with van der Waals surface area (Å²) < 4.78 is 39.5. The van der Waals surface area contributed by atoms with Crippen molar-refractivity contribution in [1.29, 1.82) is 5.26 Å². The van der Waals surface area contributed by atoms with Crippen LogP contribution in [0.2, 0.25) is 0 Å². The Bertz CT molecular complexity index is 1520. The summed E-state index contributed by atoms with van der Waals surface area (Å²) in [7, 11) is -2.00. The van der Waals surface area contributed by atoms with Crippen molar-refractivity contribution >= 4 is 38.2 Å². The topological polar surface area (TPSA) is 126 Å². The zero-order valence-corrected chi connectivity index (χ0v) is 17.9. The van der Waals surface area contributed by atoms with Crippen molar-refractivity contribution in [3.8, 4) is 17.2 Å². The standard InChI is InChI=1S/C22H17FN6O2S/c1-29(21-16(11-24)20(25)26-12-27-21)22-15(10-13-6-5-8-17(23)19(13)28-22)14-7-3-4-9-18(14)32(2,30)31/h3-10,12H,1-2H3,(H2,25,26,27). The summed E-state index contributed by atoms with van der Waals surface area (Å²) in [5, 5.41) is 10.0. The molecule has 0 aliphatic rings. The van der Waals surface area contributed by atoms with E-state index in [9.17, 15) is 18.1 Å². The van der Waals surface area contributed by atoms with Gasteiger partial charge < -0.3 is 10.6 Å². The number of pyridine rings is 1. The van der Waals surface area contributed by atoms with Gasteiger partial charge in [0.1, 0.15) is 40.9 Å². The Morgan fingerprint density at radius 2 is 1.81 bits per heavy atom. The minimum atomic E-state index is -3.59. The third kappa shape index (κ3) is 3.59. The van der Waals surface area contributed by atoms with Crippen LogP contribution in [0.3, 0.4) is 0 Å². The molecule has 32 heavy (non-hydrogen) atoms. The fraction of sp³-hybridized carbons (Fsp3) is 0.0909. The Balaban J connectivity index is 2.09. The van der Waals surface area contributed by atoms with E-state index in [0.29, 0.717) is 16.5 Å². The van der Waals surface area contributed by atoms with Gasteiger partial charge in [0.05, 0.1) is 4.90 Å². The van der Waals surface area contributed by atoms with Crippen LogP contribution in [0.1, 0.15) is 5.56 Å². The molecule has 0 atom stereocenters. The second-order valence-electron chi connectivity index (χ2n) is 7.07. The number of fused-ring (bicyclic) bond motifs is 1. The van der Waals surface area contributed by atoms with Gasteiger partial charge in [0.25, 0.3) is 0 Å².